The lowest BCUT2D eigenvalue weighted by Crippen LogP contribution is -2.46. The van der Waals surface area contributed by atoms with Crippen molar-refractivity contribution in [2.75, 3.05) is 24.2 Å². The second kappa shape index (κ2) is 24.1. The lowest BCUT2D eigenvalue weighted by Gasteiger charge is -2.30. The number of unbranched alkanes of at least 4 members (excludes halogenated alkanes) is 2. The van der Waals surface area contributed by atoms with Gasteiger partial charge in [-0.2, -0.15) is 4.98 Å². The average molecular weight is 892 g/mol. The maximum atomic E-state index is 12.9. The van der Waals surface area contributed by atoms with Gasteiger partial charge in [-0.1, -0.05) is 31.9 Å². The van der Waals surface area contributed by atoms with Crippen LogP contribution in [0.25, 0.3) is 11.2 Å². The van der Waals surface area contributed by atoms with Crippen LogP contribution in [0.4, 0.5) is 11.8 Å². The molecule has 3 rings (SSSR count). The van der Waals surface area contributed by atoms with E-state index in [1.807, 2.05) is 20.8 Å². The number of carbonyl (C=O) groups excluding carboxylic acids is 5. The molecular weight excluding hydrogens is 837 g/mol. The first-order chi connectivity index (χ1) is 28.8. The van der Waals surface area contributed by atoms with E-state index >= 15 is 0 Å². The summed E-state index contributed by atoms with van der Waals surface area (Å²) in [6, 6.07) is 5.07. The number of carboxylic acid groups (broad SMARTS) is 1. The Bertz CT molecular complexity index is 2050. The summed E-state index contributed by atoms with van der Waals surface area (Å²) in [7, 11) is -2.23. The highest BCUT2D eigenvalue weighted by Crippen LogP contribution is 2.44. The summed E-state index contributed by atoms with van der Waals surface area (Å²) in [6.45, 7) is 10.1. The molecule has 20 nitrogen and oxygen atoms in total. The van der Waals surface area contributed by atoms with Crippen molar-refractivity contribution in [1.82, 2.24) is 35.9 Å². The molecule has 0 aliphatic carbocycles. The van der Waals surface area contributed by atoms with Crippen molar-refractivity contribution in [1.29, 1.82) is 0 Å². The number of nitrogens with zero attached hydrogens (tertiary/aromatic N) is 3. The number of fused-ring (bicyclic) bond motifs is 1. The Morgan fingerprint density at radius 2 is 1.62 bits per heavy atom. The average Bonchev–Trinajstić information content (AvgIpc) is 3.17. The minimum Gasteiger partial charge on any atom is -0.480 e. The van der Waals surface area contributed by atoms with Crippen LogP contribution in [-0.2, 0) is 44.3 Å². The topological polar surface area (TPSA) is 296 Å². The van der Waals surface area contributed by atoms with Crippen molar-refractivity contribution < 1.29 is 47.7 Å². The van der Waals surface area contributed by atoms with Gasteiger partial charge < -0.3 is 45.9 Å². The first kappa shape index (κ1) is 49.9. The predicted molar refractivity (Wildman–Crippen MR) is 227 cm³/mol. The van der Waals surface area contributed by atoms with Crippen LogP contribution in [0.5, 0.6) is 0 Å². The number of aliphatic carboxylic acids is 1. The zero-order valence-electron chi connectivity index (χ0n) is 34.9. The molecule has 0 saturated carbocycles. The third-order valence-electron chi connectivity index (χ3n) is 9.02. The van der Waals surface area contributed by atoms with Gasteiger partial charge in [0.1, 0.15) is 11.9 Å². The minimum atomic E-state index is -2.23. The lowest BCUT2D eigenvalue weighted by molar-refractivity contribution is -0.140. The number of ether oxygens (including phenoxy) is 1. The van der Waals surface area contributed by atoms with Crippen LogP contribution in [0.15, 0.2) is 35.3 Å². The van der Waals surface area contributed by atoms with Crippen molar-refractivity contribution >= 4 is 77.5 Å². The number of aromatic nitrogens is 4. The first-order valence-electron chi connectivity index (χ1n) is 19.7. The summed E-state index contributed by atoms with van der Waals surface area (Å²) in [6.07, 6.45) is 4.22. The van der Waals surface area contributed by atoms with Crippen molar-refractivity contribution in [3.05, 3.63) is 51.9 Å². The number of rotatable bonds is 26. The Hall–Kier alpha value is -5.46. The van der Waals surface area contributed by atoms with Gasteiger partial charge in [0.25, 0.3) is 11.5 Å². The molecule has 0 fully saturated rings. The molecule has 2 aromatic heterocycles. The largest absolute Gasteiger partial charge is 0.480 e. The molecule has 22 heteroatoms. The number of aromatic amines is 1. The Morgan fingerprint density at radius 3 is 2.30 bits per heavy atom. The summed E-state index contributed by atoms with van der Waals surface area (Å²) in [4.78, 5) is 100. The Morgan fingerprint density at radius 1 is 0.934 bits per heavy atom. The second-order valence-electron chi connectivity index (χ2n) is 15.3. The van der Waals surface area contributed by atoms with E-state index in [9.17, 15) is 38.7 Å². The van der Waals surface area contributed by atoms with Gasteiger partial charge in [0.2, 0.25) is 17.8 Å². The molecule has 2 unspecified atom stereocenters. The summed E-state index contributed by atoms with van der Waals surface area (Å²) in [5, 5.41) is 20.9. The number of hydrogen-bond acceptors (Lipinski definition) is 15. The van der Waals surface area contributed by atoms with E-state index in [1.54, 1.807) is 26.0 Å². The highest BCUT2D eigenvalue weighted by molar-refractivity contribution is 7.76. The van der Waals surface area contributed by atoms with Crippen LogP contribution in [-0.4, -0.2) is 91.0 Å². The van der Waals surface area contributed by atoms with E-state index in [0.29, 0.717) is 25.1 Å². The zero-order valence-corrected chi connectivity index (χ0v) is 36.6. The van der Waals surface area contributed by atoms with Crippen molar-refractivity contribution in [3.63, 3.8) is 0 Å². The van der Waals surface area contributed by atoms with E-state index in [2.05, 4.69) is 41.2 Å². The minimum absolute atomic E-state index is 0.0183. The molecule has 0 bridgehead atoms. The number of H-pyrrole nitrogens is 1. The van der Waals surface area contributed by atoms with Crippen LogP contribution < -0.4 is 32.6 Å². The SMILES string of the molecule is CCCCCC(=O)OP(Cl)OC(=O)CCC(=O)NCCC(C)(C)OCCC(C)(C)NC(=O)CCC(NC(=O)c1ccc(CNc2cnc3nc(N)[nH]c(=O)c3n2)cc1)C(=O)O. The number of nitrogen functional groups attached to an aromatic ring is 1. The van der Waals surface area contributed by atoms with E-state index in [0.717, 1.165) is 18.4 Å². The lowest BCUT2D eigenvalue weighted by atomic mass is 9.99. The van der Waals surface area contributed by atoms with E-state index < -0.39 is 60.2 Å². The molecule has 2 atom stereocenters. The number of amides is 3. The fraction of sp³-hybridized carbons (Fsp3) is 0.538. The Labute approximate surface area is 358 Å². The van der Waals surface area contributed by atoms with Crippen LogP contribution in [0.3, 0.4) is 0 Å². The van der Waals surface area contributed by atoms with E-state index in [1.165, 1.54) is 18.3 Å². The Kier molecular flexibility index (Phi) is 19.7. The number of nitrogens with one attached hydrogen (secondary N) is 5. The third-order valence-corrected chi connectivity index (χ3v) is 10.1. The summed E-state index contributed by atoms with van der Waals surface area (Å²) >= 11 is 5.83. The van der Waals surface area contributed by atoms with Crippen LogP contribution in [0.1, 0.15) is 115 Å². The molecule has 3 aromatic rings. The molecule has 0 aliphatic heterocycles. The van der Waals surface area contributed by atoms with Gasteiger partial charge in [-0.05, 0) is 82.3 Å². The van der Waals surface area contributed by atoms with Crippen molar-refractivity contribution in [3.8, 4) is 0 Å². The number of anilines is 2. The number of halogens is 1. The molecule has 8 N–H and O–H groups in total. The summed E-state index contributed by atoms with van der Waals surface area (Å²) in [5.74, 6) is -3.75. The van der Waals surface area contributed by atoms with Crippen LogP contribution in [0.2, 0.25) is 0 Å². The second-order valence-corrected chi connectivity index (χ2v) is 16.9. The highest BCUT2D eigenvalue weighted by atomic mass is 35.7. The molecular formula is C39H55ClN9O11P. The highest BCUT2D eigenvalue weighted by Gasteiger charge is 2.27. The maximum absolute atomic E-state index is 12.9. The molecule has 0 aliphatic rings. The van der Waals surface area contributed by atoms with E-state index in [4.69, 9.17) is 30.8 Å². The van der Waals surface area contributed by atoms with Gasteiger partial charge in [0, 0.05) is 50.1 Å². The zero-order chi connectivity index (χ0) is 45.2. The third kappa shape index (κ3) is 18.8. The molecule has 0 radical (unpaired) electrons. The van der Waals surface area contributed by atoms with Gasteiger partial charge in [-0.15, -0.1) is 0 Å². The van der Waals surface area contributed by atoms with Gasteiger partial charge in [-0.3, -0.25) is 33.8 Å². The first-order valence-corrected chi connectivity index (χ1v) is 21.8. The van der Waals surface area contributed by atoms with Gasteiger partial charge in [0.05, 0.1) is 18.2 Å². The summed E-state index contributed by atoms with van der Waals surface area (Å²) < 4.78 is 15.8. The van der Waals surface area contributed by atoms with Crippen molar-refractivity contribution in [2.45, 2.75) is 123 Å². The fourth-order valence-corrected chi connectivity index (χ4v) is 6.52. The molecule has 1 aromatic carbocycles. The molecule has 334 valence electrons. The number of carboxylic acids is 1. The molecule has 3 amide bonds. The van der Waals surface area contributed by atoms with Gasteiger partial charge in [-0.25, -0.2) is 14.8 Å². The fourth-order valence-electron chi connectivity index (χ4n) is 5.51. The quantitative estimate of drug-likeness (QED) is 0.0435. The molecule has 61 heavy (non-hydrogen) atoms. The van der Waals surface area contributed by atoms with Crippen LogP contribution >= 0.6 is 19.0 Å². The van der Waals surface area contributed by atoms with Gasteiger partial charge >= 0.3 is 25.6 Å². The smallest absolute Gasteiger partial charge is 0.405 e. The van der Waals surface area contributed by atoms with Crippen molar-refractivity contribution in [2.24, 2.45) is 0 Å². The maximum Gasteiger partial charge on any atom is 0.405 e. The molecule has 0 spiro atoms. The number of nitrogens with two attached hydrogens (primary N) is 1. The molecule has 2 heterocycles. The number of carbonyl (C=O) groups is 6. The molecule has 0 saturated heterocycles. The standard InChI is InChI=1S/C39H55ClN9O11P/c1-6-7-8-9-30(52)59-61(40)60-31(53)17-16-28(50)42-20-18-39(4,5)58-21-19-38(2,3)49-29(51)15-14-26(36(56)57)45-34(54)25-12-10-24(11-13-25)22-43-27-23-44-33-32(46-27)35(55)48-37(41)47-33/h10-13,23,26H,6-9,14-22H2,1-5H3,(H,42,50)(H,43,46)(H,45,54)(H,49,51)(H,56,57)(H3,41,44,47,48,55). The monoisotopic (exact) mass is 891 g/mol. The predicted octanol–water partition coefficient (Wildman–Crippen LogP) is 4.37. The van der Waals surface area contributed by atoms with Crippen LogP contribution in [0, 0.1) is 0 Å². The summed E-state index contributed by atoms with van der Waals surface area (Å²) in [5.41, 5.74) is 4.75. The van der Waals surface area contributed by atoms with E-state index in [-0.39, 0.29) is 80.4 Å². The number of hydrogen-bond donors (Lipinski definition) is 7. The van der Waals surface area contributed by atoms with Gasteiger partial charge in [0.15, 0.2) is 11.2 Å². The number of benzene rings is 1. The Balaban J connectivity index is 1.33. The normalized spacial score (nSPS) is 12.5.